The Morgan fingerprint density at radius 1 is 1.38 bits per heavy atom. The summed E-state index contributed by atoms with van der Waals surface area (Å²) in [5, 5.41) is 0. The van der Waals surface area contributed by atoms with Crippen LogP contribution in [0.3, 0.4) is 0 Å². The van der Waals surface area contributed by atoms with E-state index in [2.05, 4.69) is 30.8 Å². The Kier molecular flexibility index (Phi) is 3.01. The first-order valence-electron chi connectivity index (χ1n) is 4.76. The SMILES string of the molecule is Brc1ncc(CN2CCCCC2)[nH]1. The van der Waals surface area contributed by atoms with Crippen molar-refractivity contribution in [1.29, 1.82) is 0 Å². The predicted octanol–water partition coefficient (Wildman–Crippen LogP) is 2.16. The van der Waals surface area contributed by atoms with Crippen LogP contribution < -0.4 is 0 Å². The zero-order chi connectivity index (χ0) is 9.10. The number of rotatable bonds is 2. The molecule has 0 radical (unpaired) electrons. The summed E-state index contributed by atoms with van der Waals surface area (Å²) < 4.78 is 0.833. The van der Waals surface area contributed by atoms with Crippen molar-refractivity contribution < 1.29 is 0 Å². The number of hydrogen-bond donors (Lipinski definition) is 1. The highest BCUT2D eigenvalue weighted by molar-refractivity contribution is 9.10. The minimum atomic E-state index is 0.833. The van der Waals surface area contributed by atoms with Crippen LogP contribution in [0.4, 0.5) is 0 Å². The number of aromatic amines is 1. The van der Waals surface area contributed by atoms with Gasteiger partial charge in [0, 0.05) is 12.2 Å². The van der Waals surface area contributed by atoms with E-state index in [1.54, 1.807) is 0 Å². The van der Waals surface area contributed by atoms with Gasteiger partial charge in [-0.05, 0) is 41.9 Å². The number of imidazole rings is 1. The molecule has 0 aromatic carbocycles. The average molecular weight is 244 g/mol. The average Bonchev–Trinajstić information content (AvgIpc) is 2.53. The van der Waals surface area contributed by atoms with Crippen molar-refractivity contribution in [2.24, 2.45) is 0 Å². The maximum absolute atomic E-state index is 4.12. The number of nitrogens with zero attached hydrogens (tertiary/aromatic N) is 2. The van der Waals surface area contributed by atoms with Crippen LogP contribution in [0.1, 0.15) is 25.0 Å². The van der Waals surface area contributed by atoms with Crippen molar-refractivity contribution in [3.63, 3.8) is 0 Å². The lowest BCUT2D eigenvalue weighted by atomic mass is 10.1. The lowest BCUT2D eigenvalue weighted by molar-refractivity contribution is 0.219. The summed E-state index contributed by atoms with van der Waals surface area (Å²) >= 11 is 3.31. The van der Waals surface area contributed by atoms with E-state index in [0.717, 1.165) is 11.3 Å². The normalized spacial score (nSPS) is 19.2. The van der Waals surface area contributed by atoms with Crippen LogP contribution in [-0.4, -0.2) is 28.0 Å². The molecule has 0 aliphatic carbocycles. The molecule has 1 fully saturated rings. The largest absolute Gasteiger partial charge is 0.335 e. The Balaban J connectivity index is 1.89. The summed E-state index contributed by atoms with van der Waals surface area (Å²) in [6, 6.07) is 0. The molecule has 1 aromatic rings. The Labute approximate surface area is 86.7 Å². The molecule has 1 saturated heterocycles. The Hall–Kier alpha value is -0.350. The summed E-state index contributed by atoms with van der Waals surface area (Å²) in [5.74, 6) is 0. The molecule has 0 saturated carbocycles. The molecular formula is C9H14BrN3. The van der Waals surface area contributed by atoms with Crippen molar-refractivity contribution in [3.05, 3.63) is 16.6 Å². The second kappa shape index (κ2) is 4.24. The molecule has 0 atom stereocenters. The molecule has 0 bridgehead atoms. The smallest absolute Gasteiger partial charge is 0.174 e. The summed E-state index contributed by atoms with van der Waals surface area (Å²) in [6.07, 6.45) is 5.98. The predicted molar refractivity (Wildman–Crippen MR) is 55.4 cm³/mol. The van der Waals surface area contributed by atoms with Gasteiger partial charge in [0.25, 0.3) is 0 Å². The summed E-state index contributed by atoms with van der Waals surface area (Å²) in [5.41, 5.74) is 1.20. The monoisotopic (exact) mass is 243 g/mol. The fourth-order valence-corrected chi connectivity index (χ4v) is 2.13. The number of H-pyrrole nitrogens is 1. The zero-order valence-corrected chi connectivity index (χ0v) is 9.18. The lowest BCUT2D eigenvalue weighted by Gasteiger charge is -2.25. The van der Waals surface area contributed by atoms with Crippen LogP contribution >= 0.6 is 15.9 Å². The van der Waals surface area contributed by atoms with Gasteiger partial charge in [-0.3, -0.25) is 4.90 Å². The van der Waals surface area contributed by atoms with E-state index in [9.17, 15) is 0 Å². The van der Waals surface area contributed by atoms with E-state index in [-0.39, 0.29) is 0 Å². The lowest BCUT2D eigenvalue weighted by Crippen LogP contribution is -2.29. The molecule has 2 rings (SSSR count). The molecule has 1 aromatic heterocycles. The van der Waals surface area contributed by atoms with Crippen LogP contribution in [0.2, 0.25) is 0 Å². The first-order chi connectivity index (χ1) is 6.34. The maximum atomic E-state index is 4.12. The van der Waals surface area contributed by atoms with Crippen LogP contribution in [-0.2, 0) is 6.54 Å². The third-order valence-electron chi connectivity index (χ3n) is 2.44. The van der Waals surface area contributed by atoms with Crippen molar-refractivity contribution >= 4 is 15.9 Å². The molecule has 0 amide bonds. The van der Waals surface area contributed by atoms with Gasteiger partial charge in [0.15, 0.2) is 4.73 Å². The van der Waals surface area contributed by atoms with Gasteiger partial charge in [0.2, 0.25) is 0 Å². The highest BCUT2D eigenvalue weighted by Gasteiger charge is 2.10. The number of likely N-dealkylation sites (tertiary alicyclic amines) is 1. The summed E-state index contributed by atoms with van der Waals surface area (Å²) in [7, 11) is 0. The number of halogens is 1. The number of hydrogen-bond acceptors (Lipinski definition) is 2. The molecule has 2 heterocycles. The molecule has 4 heteroatoms. The van der Waals surface area contributed by atoms with Crippen LogP contribution in [0, 0.1) is 0 Å². The fraction of sp³-hybridized carbons (Fsp3) is 0.667. The number of aromatic nitrogens is 2. The molecule has 72 valence electrons. The fourth-order valence-electron chi connectivity index (χ4n) is 1.77. The summed E-state index contributed by atoms with van der Waals surface area (Å²) in [4.78, 5) is 9.78. The first kappa shape index (κ1) is 9.21. The topological polar surface area (TPSA) is 31.9 Å². The van der Waals surface area contributed by atoms with E-state index in [4.69, 9.17) is 0 Å². The van der Waals surface area contributed by atoms with Crippen molar-refractivity contribution in [2.45, 2.75) is 25.8 Å². The standard InChI is InChI=1S/C9H14BrN3/c10-9-11-6-8(12-9)7-13-4-2-1-3-5-13/h6H,1-5,7H2,(H,11,12). The van der Waals surface area contributed by atoms with Gasteiger partial charge in [-0.1, -0.05) is 6.42 Å². The van der Waals surface area contributed by atoms with Gasteiger partial charge in [0.05, 0.1) is 6.20 Å². The van der Waals surface area contributed by atoms with Crippen molar-refractivity contribution in [1.82, 2.24) is 14.9 Å². The Bertz CT molecular complexity index is 266. The molecule has 0 spiro atoms. The third-order valence-corrected chi connectivity index (χ3v) is 2.84. The molecular weight excluding hydrogens is 230 g/mol. The second-order valence-electron chi connectivity index (χ2n) is 3.54. The van der Waals surface area contributed by atoms with E-state index >= 15 is 0 Å². The Morgan fingerprint density at radius 2 is 2.15 bits per heavy atom. The van der Waals surface area contributed by atoms with Crippen molar-refractivity contribution in [3.8, 4) is 0 Å². The van der Waals surface area contributed by atoms with E-state index < -0.39 is 0 Å². The van der Waals surface area contributed by atoms with E-state index in [1.165, 1.54) is 38.0 Å². The molecule has 1 aliphatic rings. The quantitative estimate of drug-likeness (QED) is 0.864. The van der Waals surface area contributed by atoms with Crippen molar-refractivity contribution in [2.75, 3.05) is 13.1 Å². The third kappa shape index (κ3) is 2.54. The molecule has 1 aliphatic heterocycles. The first-order valence-corrected chi connectivity index (χ1v) is 5.55. The zero-order valence-electron chi connectivity index (χ0n) is 7.59. The molecule has 0 unspecified atom stereocenters. The highest BCUT2D eigenvalue weighted by atomic mass is 79.9. The Morgan fingerprint density at radius 3 is 2.77 bits per heavy atom. The van der Waals surface area contributed by atoms with Gasteiger partial charge in [-0.2, -0.15) is 0 Å². The van der Waals surface area contributed by atoms with Crippen LogP contribution in [0.5, 0.6) is 0 Å². The van der Waals surface area contributed by atoms with Gasteiger partial charge < -0.3 is 4.98 Å². The second-order valence-corrected chi connectivity index (χ2v) is 4.29. The maximum Gasteiger partial charge on any atom is 0.174 e. The van der Waals surface area contributed by atoms with Gasteiger partial charge >= 0.3 is 0 Å². The summed E-state index contributed by atoms with van der Waals surface area (Å²) in [6.45, 7) is 3.48. The molecule has 1 N–H and O–H groups in total. The van der Waals surface area contributed by atoms with Gasteiger partial charge in [-0.25, -0.2) is 4.98 Å². The molecule has 3 nitrogen and oxygen atoms in total. The number of piperidine rings is 1. The van der Waals surface area contributed by atoms with Crippen LogP contribution in [0.25, 0.3) is 0 Å². The van der Waals surface area contributed by atoms with Crippen LogP contribution in [0.15, 0.2) is 10.9 Å². The van der Waals surface area contributed by atoms with E-state index in [1.807, 2.05) is 6.20 Å². The van der Waals surface area contributed by atoms with Gasteiger partial charge in [-0.15, -0.1) is 0 Å². The molecule has 13 heavy (non-hydrogen) atoms. The van der Waals surface area contributed by atoms with E-state index in [0.29, 0.717) is 0 Å². The number of nitrogens with one attached hydrogen (secondary N) is 1. The highest BCUT2D eigenvalue weighted by Crippen LogP contribution is 2.12. The van der Waals surface area contributed by atoms with Gasteiger partial charge in [0.1, 0.15) is 0 Å². The minimum absolute atomic E-state index is 0.833. The minimum Gasteiger partial charge on any atom is -0.335 e.